The molecule has 1 aliphatic rings. The molecule has 1 aromatic carbocycles. The third kappa shape index (κ3) is 2.16. The molecule has 1 unspecified atom stereocenters. The minimum atomic E-state index is -1.46. The Bertz CT molecular complexity index is 625. The van der Waals surface area contributed by atoms with Crippen molar-refractivity contribution in [2.24, 2.45) is 5.16 Å². The van der Waals surface area contributed by atoms with Gasteiger partial charge >= 0.3 is 0 Å². The molecular weight excluding hydrogens is 338 g/mol. The van der Waals surface area contributed by atoms with Crippen molar-refractivity contribution in [2.75, 3.05) is 0 Å². The van der Waals surface area contributed by atoms with Gasteiger partial charge in [-0.15, -0.1) is 5.06 Å². The first-order valence-electron chi connectivity index (χ1n) is 6.46. The third-order valence-electron chi connectivity index (χ3n) is 4.07. The van der Waals surface area contributed by atoms with Crippen LogP contribution >= 0.6 is 15.9 Å². The van der Waals surface area contributed by atoms with Crippen LogP contribution in [0.15, 0.2) is 33.9 Å². The molecule has 1 atom stereocenters. The van der Waals surface area contributed by atoms with E-state index >= 15 is 0 Å². The van der Waals surface area contributed by atoms with Gasteiger partial charge < -0.3 is 15.6 Å². The van der Waals surface area contributed by atoms with Crippen LogP contribution in [0.3, 0.4) is 0 Å². The van der Waals surface area contributed by atoms with E-state index in [1.54, 1.807) is 26.0 Å². The third-order valence-corrected chi connectivity index (χ3v) is 4.60. The molecule has 1 aliphatic heterocycles. The lowest BCUT2D eigenvalue weighted by molar-refractivity contribution is -0.560. The van der Waals surface area contributed by atoms with Gasteiger partial charge in [0.2, 0.25) is 5.71 Å². The summed E-state index contributed by atoms with van der Waals surface area (Å²) in [5.41, 5.74) is -1.17. The maximum Gasteiger partial charge on any atom is 0.290 e. The highest BCUT2D eigenvalue weighted by Crippen LogP contribution is 2.36. The van der Waals surface area contributed by atoms with Crippen molar-refractivity contribution in [1.82, 2.24) is 5.06 Å². The highest BCUT2D eigenvalue weighted by atomic mass is 79.9. The van der Waals surface area contributed by atoms with E-state index in [9.17, 15) is 10.4 Å². The predicted molar refractivity (Wildman–Crippen MR) is 82.9 cm³/mol. The second kappa shape index (κ2) is 5.08. The van der Waals surface area contributed by atoms with E-state index in [-0.39, 0.29) is 5.71 Å². The molecule has 0 amide bonds. The van der Waals surface area contributed by atoms with E-state index in [1.165, 1.54) is 13.8 Å². The van der Waals surface area contributed by atoms with E-state index in [2.05, 4.69) is 21.1 Å². The Morgan fingerprint density at radius 2 is 1.81 bits per heavy atom. The average molecular weight is 356 g/mol. The molecule has 1 aromatic rings. The summed E-state index contributed by atoms with van der Waals surface area (Å²) >= 11 is 3.35. The minimum absolute atomic E-state index is 0.111. The Hall–Kier alpha value is -1.44. The largest absolute Gasteiger partial charge is 0.622 e. The van der Waals surface area contributed by atoms with Crippen LogP contribution in [-0.4, -0.2) is 42.8 Å². The van der Waals surface area contributed by atoms with Crippen LogP contribution in [0.1, 0.15) is 33.3 Å². The van der Waals surface area contributed by atoms with Crippen LogP contribution in [0.5, 0.6) is 0 Å². The normalized spacial score (nSPS) is 26.5. The van der Waals surface area contributed by atoms with Crippen molar-refractivity contribution >= 4 is 27.4 Å². The highest BCUT2D eigenvalue weighted by Gasteiger charge is 2.61. The lowest BCUT2D eigenvalue weighted by Crippen LogP contribution is -2.57. The Labute approximate surface area is 131 Å². The van der Waals surface area contributed by atoms with Crippen LogP contribution in [0.2, 0.25) is 0 Å². The molecule has 2 N–H and O–H groups in total. The van der Waals surface area contributed by atoms with E-state index < -0.39 is 11.2 Å². The summed E-state index contributed by atoms with van der Waals surface area (Å²) in [5, 5.41) is 36.4. The van der Waals surface area contributed by atoms with Gasteiger partial charge in [0.15, 0.2) is 0 Å². The summed E-state index contributed by atoms with van der Waals surface area (Å²) in [4.78, 5) is 0. The second-order valence-corrected chi connectivity index (χ2v) is 6.64. The minimum Gasteiger partial charge on any atom is -0.622 e. The quantitative estimate of drug-likeness (QED) is 0.281. The standard InChI is InChI=1S/C14H18BrN3O3/c1-9(16-19)14(4)17(20)12(13(2,3)18(14)21)10-5-7-11(15)8-6-10/h5-8,19,21H,1-4H3. The Balaban J connectivity index is 2.70. The van der Waals surface area contributed by atoms with Gasteiger partial charge in [0.1, 0.15) is 11.3 Å². The number of hydrogen-bond acceptors (Lipinski definition) is 5. The van der Waals surface area contributed by atoms with E-state index in [1.807, 2.05) is 12.1 Å². The Morgan fingerprint density at radius 1 is 1.29 bits per heavy atom. The van der Waals surface area contributed by atoms with Crippen molar-refractivity contribution in [3.8, 4) is 0 Å². The van der Waals surface area contributed by atoms with Crippen LogP contribution < -0.4 is 0 Å². The molecule has 0 aliphatic carbocycles. The number of nitrogens with zero attached hydrogens (tertiary/aromatic N) is 3. The molecule has 21 heavy (non-hydrogen) atoms. The Morgan fingerprint density at radius 3 is 2.29 bits per heavy atom. The van der Waals surface area contributed by atoms with Gasteiger partial charge in [0.05, 0.1) is 0 Å². The zero-order chi connectivity index (χ0) is 16.0. The smallest absolute Gasteiger partial charge is 0.290 e. The summed E-state index contributed by atoms with van der Waals surface area (Å²) < 4.78 is 1.60. The van der Waals surface area contributed by atoms with E-state index in [0.717, 1.165) is 9.54 Å². The summed E-state index contributed by atoms with van der Waals surface area (Å²) in [5.74, 6) is 0. The van der Waals surface area contributed by atoms with E-state index in [0.29, 0.717) is 16.0 Å². The van der Waals surface area contributed by atoms with Gasteiger partial charge in [-0.25, -0.2) is 0 Å². The van der Waals surface area contributed by atoms with Crippen molar-refractivity contribution in [2.45, 2.75) is 38.9 Å². The van der Waals surface area contributed by atoms with Crippen molar-refractivity contribution in [3.05, 3.63) is 39.5 Å². The average Bonchev–Trinajstić information content (AvgIpc) is 2.58. The molecular formula is C14H18BrN3O3. The maximum atomic E-state index is 12.8. The molecule has 6 nitrogen and oxygen atoms in total. The van der Waals surface area contributed by atoms with Gasteiger partial charge in [-0.3, -0.25) is 0 Å². The SMILES string of the molecule is CC(=NO)C1(C)N(O)C(C)(C)C(c2ccc(Br)cc2)=[N+]1[O-]. The van der Waals surface area contributed by atoms with Gasteiger partial charge in [0.25, 0.3) is 5.66 Å². The first-order chi connectivity index (χ1) is 9.67. The van der Waals surface area contributed by atoms with Gasteiger partial charge in [-0.2, -0.15) is 4.74 Å². The van der Waals surface area contributed by atoms with Crippen LogP contribution in [0.4, 0.5) is 0 Å². The van der Waals surface area contributed by atoms with Crippen molar-refractivity contribution in [1.29, 1.82) is 0 Å². The second-order valence-electron chi connectivity index (χ2n) is 5.73. The number of oxime groups is 1. The topological polar surface area (TPSA) is 82.1 Å². The highest BCUT2D eigenvalue weighted by molar-refractivity contribution is 9.10. The van der Waals surface area contributed by atoms with Gasteiger partial charge in [0, 0.05) is 17.0 Å². The lowest BCUT2D eigenvalue weighted by atomic mass is 9.92. The molecule has 0 aromatic heterocycles. The van der Waals surface area contributed by atoms with Gasteiger partial charge in [-0.05, 0) is 45.0 Å². The summed E-state index contributed by atoms with van der Waals surface area (Å²) in [6.07, 6.45) is 0. The molecule has 0 saturated carbocycles. The number of hydrogen-bond donors (Lipinski definition) is 2. The number of rotatable bonds is 2. The molecule has 0 fully saturated rings. The monoisotopic (exact) mass is 355 g/mol. The molecule has 114 valence electrons. The summed E-state index contributed by atoms with van der Waals surface area (Å²) in [6, 6.07) is 7.27. The van der Waals surface area contributed by atoms with Crippen molar-refractivity contribution in [3.63, 3.8) is 0 Å². The first kappa shape index (κ1) is 15.9. The van der Waals surface area contributed by atoms with Crippen molar-refractivity contribution < 1.29 is 15.2 Å². The van der Waals surface area contributed by atoms with Crippen LogP contribution in [0.25, 0.3) is 0 Å². The molecule has 0 spiro atoms. The Kier molecular flexibility index (Phi) is 3.86. The summed E-state index contributed by atoms with van der Waals surface area (Å²) in [6.45, 7) is 6.49. The fourth-order valence-electron chi connectivity index (χ4n) is 2.67. The zero-order valence-electron chi connectivity index (χ0n) is 12.3. The molecule has 1 heterocycles. The van der Waals surface area contributed by atoms with Crippen LogP contribution in [-0.2, 0) is 0 Å². The first-order valence-corrected chi connectivity index (χ1v) is 7.25. The zero-order valence-corrected chi connectivity index (χ0v) is 13.9. The van der Waals surface area contributed by atoms with E-state index in [4.69, 9.17) is 5.21 Å². The molecule has 2 rings (SSSR count). The number of halogens is 1. The summed E-state index contributed by atoms with van der Waals surface area (Å²) in [7, 11) is 0. The predicted octanol–water partition coefficient (Wildman–Crippen LogP) is 2.80. The number of benzene rings is 1. The maximum absolute atomic E-state index is 12.8. The molecule has 7 heteroatoms. The molecule has 0 radical (unpaired) electrons. The fraction of sp³-hybridized carbons (Fsp3) is 0.429. The molecule has 0 bridgehead atoms. The van der Waals surface area contributed by atoms with Gasteiger partial charge in [-0.1, -0.05) is 21.1 Å². The fourth-order valence-corrected chi connectivity index (χ4v) is 2.93. The van der Waals surface area contributed by atoms with Crippen LogP contribution in [0, 0.1) is 5.21 Å². The number of hydroxylamine groups is 3. The lowest BCUT2D eigenvalue weighted by Gasteiger charge is -2.32. The molecule has 0 saturated heterocycles.